The Hall–Kier alpha value is -3.68. The Morgan fingerprint density at radius 2 is 1.72 bits per heavy atom. The molecule has 0 bridgehead atoms. The van der Waals surface area contributed by atoms with E-state index in [4.69, 9.17) is 4.74 Å². The number of nitrogens with one attached hydrogen (secondary N) is 1. The lowest BCUT2D eigenvalue weighted by Gasteiger charge is -2.42. The van der Waals surface area contributed by atoms with E-state index in [1.54, 1.807) is 6.92 Å². The maximum absolute atomic E-state index is 13.1. The Labute approximate surface area is 167 Å². The Bertz CT molecular complexity index is 970. The van der Waals surface area contributed by atoms with Gasteiger partial charge in [-0.25, -0.2) is 4.79 Å². The molecule has 2 aromatic rings. The summed E-state index contributed by atoms with van der Waals surface area (Å²) in [7, 11) is 0. The third-order valence-corrected chi connectivity index (χ3v) is 4.76. The zero-order chi connectivity index (χ0) is 21.1. The first-order valence-electron chi connectivity index (χ1n) is 9.07. The van der Waals surface area contributed by atoms with Crippen molar-refractivity contribution in [3.63, 3.8) is 0 Å². The quantitative estimate of drug-likeness (QED) is 0.621. The van der Waals surface area contributed by atoms with Gasteiger partial charge in [-0.05, 0) is 38.5 Å². The number of nitro benzene ring substituents is 1. The highest BCUT2D eigenvalue weighted by Crippen LogP contribution is 2.36. The normalized spacial score (nSPS) is 18.8. The molecule has 1 aliphatic rings. The Balaban J connectivity index is 1.97. The number of carbonyl (C=O) groups excluding carboxylic acids is 2. The van der Waals surface area contributed by atoms with Gasteiger partial charge in [0.1, 0.15) is 11.9 Å². The molecule has 2 atom stereocenters. The lowest BCUT2D eigenvalue weighted by molar-refractivity contribution is -0.384. The molecule has 0 radical (unpaired) electrons. The molecule has 1 heterocycles. The molecule has 1 N–H and O–H groups in total. The smallest absolute Gasteiger partial charge is 0.410 e. The fraction of sp³-hybridized carbons (Fsp3) is 0.238. The summed E-state index contributed by atoms with van der Waals surface area (Å²) < 4.78 is 5.46. The van der Waals surface area contributed by atoms with E-state index in [0.29, 0.717) is 11.3 Å². The van der Waals surface area contributed by atoms with Crippen LogP contribution in [0, 0.1) is 10.1 Å². The van der Waals surface area contributed by atoms with E-state index >= 15 is 0 Å². The van der Waals surface area contributed by atoms with E-state index in [1.165, 1.54) is 36.1 Å². The molecule has 150 valence electrons. The highest BCUT2D eigenvalue weighted by molar-refractivity contribution is 5.96. The van der Waals surface area contributed by atoms with Gasteiger partial charge in [-0.15, -0.1) is 0 Å². The van der Waals surface area contributed by atoms with E-state index in [0.717, 1.165) is 5.56 Å². The molecule has 2 unspecified atom stereocenters. The summed E-state index contributed by atoms with van der Waals surface area (Å²) in [5.74, 6) is 0.0270. The fourth-order valence-electron chi connectivity index (χ4n) is 3.50. The first-order chi connectivity index (χ1) is 13.8. The van der Waals surface area contributed by atoms with Crippen molar-refractivity contribution >= 4 is 17.6 Å². The minimum atomic E-state index is -0.668. The topological polar surface area (TPSA) is 102 Å². The summed E-state index contributed by atoms with van der Waals surface area (Å²) in [6.07, 6.45) is -1.10. The molecule has 29 heavy (non-hydrogen) atoms. The number of hydrogen-bond donors (Lipinski definition) is 1. The minimum absolute atomic E-state index is 0.0996. The lowest BCUT2D eigenvalue weighted by Crippen LogP contribution is -2.54. The number of Topliss-reactive ketones (excluding diaryl/α,β-unsaturated/α-hetero) is 1. The molecule has 8 heteroatoms. The SMILES string of the molecule is CC(=O)C1=C(C)NC(C)N(C(=O)Oc2ccc([N+](=O)[O-])cc2)C1c1ccccc1. The van der Waals surface area contributed by atoms with Gasteiger partial charge < -0.3 is 10.1 Å². The summed E-state index contributed by atoms with van der Waals surface area (Å²) in [5, 5.41) is 13.9. The largest absolute Gasteiger partial charge is 0.417 e. The summed E-state index contributed by atoms with van der Waals surface area (Å²) in [5.41, 5.74) is 1.87. The molecule has 3 rings (SSSR count). The van der Waals surface area contributed by atoms with Crippen molar-refractivity contribution in [3.8, 4) is 5.75 Å². The second kappa shape index (κ2) is 8.14. The van der Waals surface area contributed by atoms with E-state index in [9.17, 15) is 19.7 Å². The summed E-state index contributed by atoms with van der Waals surface area (Å²) in [6, 6.07) is 13.9. The molecule has 2 aromatic carbocycles. The van der Waals surface area contributed by atoms with Gasteiger partial charge in [0.15, 0.2) is 5.78 Å². The number of allylic oxidation sites excluding steroid dienone is 1. The Kier molecular flexibility index (Phi) is 5.63. The first kappa shape index (κ1) is 20.1. The number of non-ortho nitro benzene ring substituents is 1. The molecule has 0 aromatic heterocycles. The summed E-state index contributed by atoms with van der Waals surface area (Å²) in [6.45, 7) is 5.07. The van der Waals surface area contributed by atoms with Gasteiger partial charge in [-0.1, -0.05) is 30.3 Å². The molecule has 0 fully saturated rings. The highest BCUT2D eigenvalue weighted by Gasteiger charge is 2.39. The molecular formula is C21H21N3O5. The van der Waals surface area contributed by atoms with Crippen molar-refractivity contribution in [2.24, 2.45) is 0 Å². The predicted molar refractivity (Wildman–Crippen MR) is 106 cm³/mol. The van der Waals surface area contributed by atoms with Crippen LogP contribution in [0.3, 0.4) is 0 Å². The van der Waals surface area contributed by atoms with Gasteiger partial charge >= 0.3 is 6.09 Å². The second-order valence-corrected chi connectivity index (χ2v) is 6.75. The van der Waals surface area contributed by atoms with Gasteiger partial charge in [-0.2, -0.15) is 0 Å². The number of amides is 1. The van der Waals surface area contributed by atoms with Crippen LogP contribution >= 0.6 is 0 Å². The maximum Gasteiger partial charge on any atom is 0.417 e. The standard InChI is InChI=1S/C21H21N3O5/c1-13-19(14(2)25)20(16-7-5-4-6-8-16)23(15(3)22-13)21(26)29-18-11-9-17(10-12-18)24(27)28/h4-12,15,20,22H,1-3H3. The molecule has 0 spiro atoms. The van der Waals surface area contributed by atoms with Crippen LogP contribution in [0.2, 0.25) is 0 Å². The molecule has 1 amide bonds. The highest BCUT2D eigenvalue weighted by atomic mass is 16.6. The average Bonchev–Trinajstić information content (AvgIpc) is 2.68. The van der Waals surface area contributed by atoms with Gasteiger partial charge in [-0.3, -0.25) is 19.8 Å². The Morgan fingerprint density at radius 3 is 2.28 bits per heavy atom. The lowest BCUT2D eigenvalue weighted by atomic mass is 9.91. The number of carbonyl (C=O) groups is 2. The second-order valence-electron chi connectivity index (χ2n) is 6.75. The van der Waals surface area contributed by atoms with Crippen LogP contribution in [0.4, 0.5) is 10.5 Å². The van der Waals surface area contributed by atoms with Crippen LogP contribution in [-0.4, -0.2) is 27.9 Å². The predicted octanol–water partition coefficient (Wildman–Crippen LogP) is 3.95. The van der Waals surface area contributed by atoms with Crippen molar-refractivity contribution in [3.05, 3.63) is 81.5 Å². The number of ether oxygens (including phenoxy) is 1. The number of nitro groups is 1. The third kappa shape index (κ3) is 4.11. The van der Waals surface area contributed by atoms with Crippen molar-refractivity contribution in [2.45, 2.75) is 33.0 Å². The fourth-order valence-corrected chi connectivity index (χ4v) is 3.50. The van der Waals surface area contributed by atoms with Gasteiger partial charge in [0.2, 0.25) is 0 Å². The van der Waals surface area contributed by atoms with Gasteiger partial charge in [0, 0.05) is 23.4 Å². The molecule has 0 saturated heterocycles. The number of benzene rings is 2. The number of hydrogen-bond acceptors (Lipinski definition) is 6. The van der Waals surface area contributed by atoms with Crippen molar-refractivity contribution in [1.29, 1.82) is 0 Å². The van der Waals surface area contributed by atoms with Crippen molar-refractivity contribution < 1.29 is 19.2 Å². The van der Waals surface area contributed by atoms with Crippen LogP contribution in [0.25, 0.3) is 0 Å². The van der Waals surface area contributed by atoms with Gasteiger partial charge in [0.05, 0.1) is 11.0 Å². The Morgan fingerprint density at radius 1 is 1.10 bits per heavy atom. The molecule has 8 nitrogen and oxygen atoms in total. The zero-order valence-electron chi connectivity index (χ0n) is 16.3. The van der Waals surface area contributed by atoms with E-state index in [-0.39, 0.29) is 17.2 Å². The third-order valence-electron chi connectivity index (χ3n) is 4.76. The number of nitrogens with zero attached hydrogens (tertiary/aromatic N) is 2. The van der Waals surface area contributed by atoms with Crippen LogP contribution in [-0.2, 0) is 4.79 Å². The maximum atomic E-state index is 13.1. The van der Waals surface area contributed by atoms with Crippen molar-refractivity contribution in [1.82, 2.24) is 10.2 Å². The molecule has 0 saturated carbocycles. The number of rotatable bonds is 4. The van der Waals surface area contributed by atoms with Gasteiger partial charge in [0.25, 0.3) is 5.69 Å². The molecule has 0 aliphatic carbocycles. The first-order valence-corrected chi connectivity index (χ1v) is 9.07. The van der Waals surface area contributed by atoms with E-state index in [2.05, 4.69) is 5.32 Å². The monoisotopic (exact) mass is 395 g/mol. The van der Waals surface area contributed by atoms with E-state index in [1.807, 2.05) is 37.3 Å². The summed E-state index contributed by atoms with van der Waals surface area (Å²) in [4.78, 5) is 37.2. The molecular weight excluding hydrogens is 374 g/mol. The minimum Gasteiger partial charge on any atom is -0.410 e. The zero-order valence-corrected chi connectivity index (χ0v) is 16.3. The summed E-state index contributed by atoms with van der Waals surface area (Å²) >= 11 is 0. The van der Waals surface area contributed by atoms with Crippen LogP contribution in [0.15, 0.2) is 65.9 Å². The van der Waals surface area contributed by atoms with E-state index < -0.39 is 23.2 Å². The average molecular weight is 395 g/mol. The van der Waals surface area contributed by atoms with Crippen LogP contribution in [0.5, 0.6) is 5.75 Å². The van der Waals surface area contributed by atoms with Crippen LogP contribution < -0.4 is 10.1 Å². The van der Waals surface area contributed by atoms with Crippen LogP contribution in [0.1, 0.15) is 32.4 Å². The van der Waals surface area contributed by atoms with Crippen molar-refractivity contribution in [2.75, 3.05) is 0 Å². The number of ketones is 1. The molecule has 1 aliphatic heterocycles.